The van der Waals surface area contributed by atoms with Crippen LogP contribution in [0.4, 0.5) is 0 Å². The number of hydrogen-bond donors (Lipinski definition) is 0. The number of halogens is 2. The van der Waals surface area contributed by atoms with Crippen molar-refractivity contribution in [3.8, 4) is 17.2 Å². The first kappa shape index (κ1) is 18.6. The van der Waals surface area contributed by atoms with Gasteiger partial charge >= 0.3 is 5.97 Å². The van der Waals surface area contributed by atoms with E-state index in [9.17, 15) is 4.79 Å². The topological polar surface area (TPSA) is 63.2 Å². The smallest absolute Gasteiger partial charge is 0.338 e. The van der Waals surface area contributed by atoms with Crippen LogP contribution in [0.15, 0.2) is 24.3 Å². The van der Waals surface area contributed by atoms with Gasteiger partial charge in [-0.2, -0.15) is 0 Å². The second-order valence-corrected chi connectivity index (χ2v) is 6.28. The highest BCUT2D eigenvalue weighted by Gasteiger charge is 2.20. The second-order valence-electron chi connectivity index (χ2n) is 5.43. The monoisotopic (exact) mass is 398 g/mol. The van der Waals surface area contributed by atoms with Crippen LogP contribution in [0.5, 0.6) is 17.2 Å². The van der Waals surface area contributed by atoms with Gasteiger partial charge in [0.25, 0.3) is 0 Å². The van der Waals surface area contributed by atoms with Gasteiger partial charge < -0.3 is 23.7 Å². The van der Waals surface area contributed by atoms with Gasteiger partial charge in [-0.3, -0.25) is 0 Å². The van der Waals surface area contributed by atoms with Crippen molar-refractivity contribution in [1.82, 2.24) is 0 Å². The van der Waals surface area contributed by atoms with Crippen LogP contribution in [-0.4, -0.2) is 27.0 Å². The van der Waals surface area contributed by atoms with E-state index in [4.69, 9.17) is 46.9 Å². The first-order chi connectivity index (χ1) is 12.5. The molecule has 0 N–H and O–H groups in total. The fraction of sp³-hybridized carbons (Fsp3) is 0.278. The Bertz CT molecular complexity index is 837. The van der Waals surface area contributed by atoms with Gasteiger partial charge in [-0.15, -0.1) is 0 Å². The highest BCUT2D eigenvalue weighted by Crippen LogP contribution is 2.36. The molecule has 138 valence electrons. The lowest BCUT2D eigenvalue weighted by atomic mass is 10.1. The van der Waals surface area contributed by atoms with Gasteiger partial charge in [0, 0.05) is 16.1 Å². The Morgan fingerprint density at radius 1 is 1.15 bits per heavy atom. The molecule has 6 nitrogen and oxygen atoms in total. The molecule has 0 aliphatic carbocycles. The largest absolute Gasteiger partial charge is 0.493 e. The van der Waals surface area contributed by atoms with Gasteiger partial charge in [-0.25, -0.2) is 4.79 Å². The van der Waals surface area contributed by atoms with Crippen molar-refractivity contribution in [3.63, 3.8) is 0 Å². The predicted molar refractivity (Wildman–Crippen MR) is 95.4 cm³/mol. The number of rotatable bonds is 5. The predicted octanol–water partition coefficient (Wildman–Crippen LogP) is 4.23. The maximum Gasteiger partial charge on any atom is 0.338 e. The third-order valence-corrected chi connectivity index (χ3v) is 4.28. The van der Waals surface area contributed by atoms with E-state index in [0.29, 0.717) is 34.4 Å². The molecule has 0 unspecified atom stereocenters. The average Bonchev–Trinajstić information content (AvgIpc) is 2.64. The average molecular weight is 399 g/mol. The SMILES string of the molecule is COc1cc(C(=O)OCc2cc(Cl)cc3c2OCOC3)cc(Cl)c1OC. The maximum atomic E-state index is 12.4. The number of esters is 1. The lowest BCUT2D eigenvalue weighted by Crippen LogP contribution is -2.14. The van der Waals surface area contributed by atoms with Gasteiger partial charge in [0.1, 0.15) is 12.4 Å². The third kappa shape index (κ3) is 3.82. The molecule has 0 saturated carbocycles. The lowest BCUT2D eigenvalue weighted by molar-refractivity contribution is -0.0180. The normalized spacial score (nSPS) is 12.8. The molecule has 0 fully saturated rings. The molecule has 2 aromatic carbocycles. The number of fused-ring (bicyclic) bond motifs is 1. The highest BCUT2D eigenvalue weighted by atomic mass is 35.5. The first-order valence-corrected chi connectivity index (χ1v) is 8.39. The summed E-state index contributed by atoms with van der Waals surface area (Å²) in [4.78, 5) is 12.4. The zero-order valence-corrected chi connectivity index (χ0v) is 15.6. The van der Waals surface area contributed by atoms with E-state index in [1.165, 1.54) is 26.4 Å². The van der Waals surface area contributed by atoms with E-state index in [1.807, 2.05) is 0 Å². The van der Waals surface area contributed by atoms with Crippen molar-refractivity contribution in [2.45, 2.75) is 13.2 Å². The Hall–Kier alpha value is -2.15. The molecule has 26 heavy (non-hydrogen) atoms. The molecule has 1 aliphatic heterocycles. The summed E-state index contributed by atoms with van der Waals surface area (Å²) in [6.07, 6.45) is 0. The molecule has 8 heteroatoms. The van der Waals surface area contributed by atoms with Crippen molar-refractivity contribution in [2.24, 2.45) is 0 Å². The minimum absolute atomic E-state index is 0.00626. The zero-order chi connectivity index (χ0) is 18.7. The quantitative estimate of drug-likeness (QED) is 0.702. The Balaban J connectivity index is 1.80. The molecule has 1 aliphatic rings. The minimum atomic E-state index is -0.561. The Morgan fingerprint density at radius 3 is 2.69 bits per heavy atom. The number of carbonyl (C=O) groups excluding carboxylic acids is 1. The standard InChI is InChI=1S/C18H16Cl2O6/c1-22-15-6-10(5-14(20)17(15)23-2)18(21)25-8-12-4-13(19)3-11-7-24-9-26-16(11)12/h3-6H,7-9H2,1-2H3. The molecule has 0 amide bonds. The summed E-state index contributed by atoms with van der Waals surface area (Å²) < 4.78 is 26.5. The summed E-state index contributed by atoms with van der Waals surface area (Å²) in [7, 11) is 2.93. The Morgan fingerprint density at radius 2 is 1.96 bits per heavy atom. The summed E-state index contributed by atoms with van der Waals surface area (Å²) >= 11 is 12.2. The molecular formula is C18H16Cl2O6. The number of ether oxygens (including phenoxy) is 5. The molecule has 0 radical (unpaired) electrons. The van der Waals surface area contributed by atoms with Crippen molar-refractivity contribution >= 4 is 29.2 Å². The van der Waals surface area contributed by atoms with Crippen LogP contribution >= 0.6 is 23.2 Å². The fourth-order valence-corrected chi connectivity index (χ4v) is 3.18. The van der Waals surface area contributed by atoms with Crippen LogP contribution in [0, 0.1) is 0 Å². The summed E-state index contributed by atoms with van der Waals surface area (Å²) in [5, 5.41) is 0.762. The Kier molecular flexibility index (Phi) is 5.76. The lowest BCUT2D eigenvalue weighted by Gasteiger charge is -2.21. The van der Waals surface area contributed by atoms with Crippen LogP contribution in [0.25, 0.3) is 0 Å². The zero-order valence-electron chi connectivity index (χ0n) is 14.1. The van der Waals surface area contributed by atoms with Crippen molar-refractivity contribution in [2.75, 3.05) is 21.0 Å². The molecule has 0 saturated heterocycles. The van der Waals surface area contributed by atoms with E-state index < -0.39 is 5.97 Å². The van der Waals surface area contributed by atoms with Gasteiger partial charge in [0.05, 0.1) is 31.4 Å². The minimum Gasteiger partial charge on any atom is -0.493 e. The number of benzene rings is 2. The van der Waals surface area contributed by atoms with Crippen LogP contribution < -0.4 is 14.2 Å². The molecule has 2 aromatic rings. The van der Waals surface area contributed by atoms with Crippen molar-refractivity contribution < 1.29 is 28.5 Å². The second kappa shape index (κ2) is 8.03. The highest BCUT2D eigenvalue weighted by molar-refractivity contribution is 6.32. The number of hydrogen-bond acceptors (Lipinski definition) is 6. The van der Waals surface area contributed by atoms with Crippen LogP contribution in [0.1, 0.15) is 21.5 Å². The van der Waals surface area contributed by atoms with Crippen LogP contribution in [0.2, 0.25) is 10.0 Å². The maximum absolute atomic E-state index is 12.4. The molecule has 1 heterocycles. The molecular weight excluding hydrogens is 383 g/mol. The molecule has 0 aromatic heterocycles. The van der Waals surface area contributed by atoms with Gasteiger partial charge in [-0.1, -0.05) is 23.2 Å². The third-order valence-electron chi connectivity index (χ3n) is 3.78. The molecule has 0 atom stereocenters. The van der Waals surface area contributed by atoms with Gasteiger partial charge in [-0.05, 0) is 24.3 Å². The van der Waals surface area contributed by atoms with E-state index in [1.54, 1.807) is 12.1 Å². The van der Waals surface area contributed by atoms with Gasteiger partial charge in [0.2, 0.25) is 0 Å². The van der Waals surface area contributed by atoms with Gasteiger partial charge in [0.15, 0.2) is 18.3 Å². The number of methoxy groups -OCH3 is 2. The molecule has 0 spiro atoms. The first-order valence-electron chi connectivity index (χ1n) is 7.64. The van der Waals surface area contributed by atoms with E-state index in [0.717, 1.165) is 5.56 Å². The van der Waals surface area contributed by atoms with E-state index in [-0.39, 0.29) is 24.0 Å². The number of carbonyl (C=O) groups is 1. The van der Waals surface area contributed by atoms with Crippen LogP contribution in [-0.2, 0) is 22.7 Å². The van der Waals surface area contributed by atoms with E-state index in [2.05, 4.69) is 0 Å². The van der Waals surface area contributed by atoms with Crippen molar-refractivity contribution in [1.29, 1.82) is 0 Å². The summed E-state index contributed by atoms with van der Waals surface area (Å²) in [5.41, 5.74) is 1.72. The van der Waals surface area contributed by atoms with Crippen LogP contribution in [0.3, 0.4) is 0 Å². The fourth-order valence-electron chi connectivity index (χ4n) is 2.63. The molecule has 3 rings (SSSR count). The Labute approximate surface area is 160 Å². The summed E-state index contributed by atoms with van der Waals surface area (Å²) in [6.45, 7) is 0.524. The summed E-state index contributed by atoms with van der Waals surface area (Å²) in [5.74, 6) is 0.753. The molecule has 0 bridgehead atoms. The van der Waals surface area contributed by atoms with Crippen molar-refractivity contribution in [3.05, 3.63) is 51.0 Å². The summed E-state index contributed by atoms with van der Waals surface area (Å²) in [6, 6.07) is 6.42. The van der Waals surface area contributed by atoms with E-state index >= 15 is 0 Å².